The van der Waals surface area contributed by atoms with Crippen LogP contribution in [0.4, 0.5) is 10.5 Å². The quantitative estimate of drug-likeness (QED) is 0.156. The number of aromatic amines is 1. The van der Waals surface area contributed by atoms with Gasteiger partial charge in [-0.1, -0.05) is 36.4 Å². The highest BCUT2D eigenvalue weighted by Crippen LogP contribution is 2.20. The number of carbonyl (C=O) groups excluding carboxylic acids is 3. The molecule has 36 heavy (non-hydrogen) atoms. The second-order valence-corrected chi connectivity index (χ2v) is 7.80. The van der Waals surface area contributed by atoms with Crippen molar-refractivity contribution in [1.82, 2.24) is 10.3 Å². The van der Waals surface area contributed by atoms with Gasteiger partial charge in [-0.25, -0.2) is 9.59 Å². The molecule has 0 bridgehead atoms. The number of non-ortho nitro benzene ring substituents is 1. The average molecular weight is 487 g/mol. The van der Waals surface area contributed by atoms with Crippen LogP contribution in [0.2, 0.25) is 0 Å². The average Bonchev–Trinajstić information content (AvgIpc) is 3.30. The number of carbonyl (C=O) groups is 3. The predicted octanol–water partition coefficient (Wildman–Crippen LogP) is 4.20. The first-order chi connectivity index (χ1) is 17.4. The van der Waals surface area contributed by atoms with E-state index in [-0.39, 0.29) is 17.7 Å². The molecule has 0 spiro atoms. The number of fused-ring (bicyclic) bond motifs is 1. The minimum absolute atomic E-state index is 0.0818. The van der Waals surface area contributed by atoms with E-state index in [0.717, 1.165) is 16.5 Å². The van der Waals surface area contributed by atoms with E-state index in [1.54, 1.807) is 36.5 Å². The van der Waals surface area contributed by atoms with Crippen molar-refractivity contribution in [1.29, 1.82) is 0 Å². The monoisotopic (exact) mass is 487 g/mol. The van der Waals surface area contributed by atoms with Crippen LogP contribution in [0.1, 0.15) is 15.9 Å². The van der Waals surface area contributed by atoms with Crippen molar-refractivity contribution in [2.24, 2.45) is 0 Å². The summed E-state index contributed by atoms with van der Waals surface area (Å²) in [6, 6.07) is 19.6. The molecule has 0 aliphatic heterocycles. The molecule has 1 heterocycles. The number of Topliss-reactive ketones (excluding diaryl/α,β-unsaturated/α-hetero) is 1. The molecule has 0 fully saturated rings. The zero-order valence-electron chi connectivity index (χ0n) is 18.9. The van der Waals surface area contributed by atoms with Crippen molar-refractivity contribution in [2.75, 3.05) is 6.61 Å². The van der Waals surface area contributed by atoms with Gasteiger partial charge in [0.25, 0.3) is 5.69 Å². The van der Waals surface area contributed by atoms with Crippen LogP contribution < -0.4 is 10.1 Å². The van der Waals surface area contributed by atoms with Gasteiger partial charge in [0.05, 0.1) is 4.92 Å². The van der Waals surface area contributed by atoms with E-state index in [1.807, 2.05) is 24.3 Å². The molecule has 182 valence electrons. The molecule has 0 saturated carbocycles. The van der Waals surface area contributed by atoms with Crippen LogP contribution in [-0.2, 0) is 16.0 Å². The first kappa shape index (κ1) is 24.1. The van der Waals surface area contributed by atoms with E-state index < -0.39 is 35.4 Å². The topological polar surface area (TPSA) is 141 Å². The van der Waals surface area contributed by atoms with Gasteiger partial charge < -0.3 is 19.8 Å². The van der Waals surface area contributed by atoms with Gasteiger partial charge >= 0.3 is 12.1 Å². The molecular formula is C26H21N3O7. The van der Waals surface area contributed by atoms with Gasteiger partial charge in [0.1, 0.15) is 11.8 Å². The SMILES string of the molecule is O=C(N[C@H](Cc1c[nH]c2ccccc12)C(=O)OCC(=O)c1ccc([N+](=O)[O-])cc1)Oc1ccccc1. The molecule has 1 atom stereocenters. The lowest BCUT2D eigenvalue weighted by Crippen LogP contribution is -2.45. The number of nitrogens with zero attached hydrogens (tertiary/aromatic N) is 1. The third-order valence-electron chi connectivity index (χ3n) is 5.37. The Balaban J connectivity index is 1.46. The lowest BCUT2D eigenvalue weighted by molar-refractivity contribution is -0.384. The fourth-order valence-electron chi connectivity index (χ4n) is 3.57. The molecule has 0 saturated heterocycles. The highest BCUT2D eigenvalue weighted by Gasteiger charge is 2.26. The molecule has 0 unspecified atom stereocenters. The molecular weight excluding hydrogens is 466 g/mol. The summed E-state index contributed by atoms with van der Waals surface area (Å²) in [6.07, 6.45) is 0.958. The van der Waals surface area contributed by atoms with Gasteiger partial charge in [-0.2, -0.15) is 0 Å². The van der Waals surface area contributed by atoms with Crippen LogP contribution in [0.5, 0.6) is 5.75 Å². The Morgan fingerprint density at radius 3 is 2.36 bits per heavy atom. The molecule has 10 heteroatoms. The minimum Gasteiger partial charge on any atom is -0.456 e. The summed E-state index contributed by atoms with van der Waals surface area (Å²) in [5, 5.41) is 14.2. The molecule has 1 aromatic heterocycles. The van der Waals surface area contributed by atoms with Gasteiger partial charge in [0.15, 0.2) is 12.4 Å². The summed E-state index contributed by atoms with van der Waals surface area (Å²) >= 11 is 0. The zero-order chi connectivity index (χ0) is 25.5. The molecule has 0 aliphatic carbocycles. The number of aromatic nitrogens is 1. The molecule has 4 aromatic rings. The Labute approximate surface area is 205 Å². The van der Waals surface area contributed by atoms with Gasteiger partial charge in [-0.15, -0.1) is 0 Å². The third kappa shape index (κ3) is 5.92. The number of nitro groups is 1. The number of nitrogens with one attached hydrogen (secondary N) is 2. The Hall–Kier alpha value is -4.99. The van der Waals surface area contributed by atoms with Gasteiger partial charge in [-0.05, 0) is 35.9 Å². The van der Waals surface area contributed by atoms with Gasteiger partial charge in [-0.3, -0.25) is 14.9 Å². The highest BCUT2D eigenvalue weighted by molar-refractivity contribution is 5.98. The number of amides is 1. The minimum atomic E-state index is -1.15. The van der Waals surface area contributed by atoms with E-state index >= 15 is 0 Å². The Kier molecular flexibility index (Phi) is 7.35. The maximum atomic E-state index is 12.9. The number of nitro benzene ring substituents is 1. The van der Waals surface area contributed by atoms with Crippen molar-refractivity contribution < 1.29 is 28.8 Å². The molecule has 0 radical (unpaired) electrons. The molecule has 10 nitrogen and oxygen atoms in total. The number of hydrogen-bond donors (Lipinski definition) is 2. The van der Waals surface area contributed by atoms with E-state index in [1.165, 1.54) is 24.3 Å². The number of ether oxygens (including phenoxy) is 2. The van der Waals surface area contributed by atoms with E-state index in [2.05, 4.69) is 10.3 Å². The fourth-order valence-corrected chi connectivity index (χ4v) is 3.57. The van der Waals surface area contributed by atoms with Crippen molar-refractivity contribution in [3.63, 3.8) is 0 Å². The predicted molar refractivity (Wildman–Crippen MR) is 130 cm³/mol. The fraction of sp³-hybridized carbons (Fsp3) is 0.115. The first-order valence-electron chi connectivity index (χ1n) is 10.9. The Morgan fingerprint density at radius 1 is 0.944 bits per heavy atom. The van der Waals surface area contributed by atoms with Crippen LogP contribution in [0.15, 0.2) is 85.1 Å². The second-order valence-electron chi connectivity index (χ2n) is 7.80. The summed E-state index contributed by atoms with van der Waals surface area (Å²) in [5.41, 5.74) is 1.61. The second kappa shape index (κ2) is 11.0. The lowest BCUT2D eigenvalue weighted by Gasteiger charge is -2.17. The van der Waals surface area contributed by atoms with Crippen molar-refractivity contribution in [3.8, 4) is 5.75 Å². The van der Waals surface area contributed by atoms with Crippen LogP contribution in [-0.4, -0.2) is 40.4 Å². The number of para-hydroxylation sites is 2. The smallest absolute Gasteiger partial charge is 0.413 e. The highest BCUT2D eigenvalue weighted by atomic mass is 16.6. The van der Waals surface area contributed by atoms with Gasteiger partial charge in [0, 0.05) is 41.2 Å². The number of ketones is 1. The number of benzene rings is 3. The van der Waals surface area contributed by atoms with Crippen LogP contribution in [0, 0.1) is 10.1 Å². The Morgan fingerprint density at radius 2 is 1.64 bits per heavy atom. The molecule has 3 aromatic carbocycles. The van der Waals surface area contributed by atoms with Gasteiger partial charge in [0.2, 0.25) is 0 Å². The van der Waals surface area contributed by atoms with E-state index in [4.69, 9.17) is 9.47 Å². The van der Waals surface area contributed by atoms with Crippen LogP contribution in [0.3, 0.4) is 0 Å². The Bertz CT molecular complexity index is 1400. The summed E-state index contributed by atoms with van der Waals surface area (Å²) in [6.45, 7) is -0.601. The van der Waals surface area contributed by atoms with Crippen molar-refractivity contribution in [3.05, 3.63) is 106 Å². The summed E-state index contributed by atoms with van der Waals surface area (Å²) in [7, 11) is 0. The van der Waals surface area contributed by atoms with Crippen LogP contribution >= 0.6 is 0 Å². The standard InChI is InChI=1S/C26H21N3O7/c30-24(17-10-12-19(13-11-17)29(33)34)16-35-25(31)23(28-26(32)36-20-6-2-1-3-7-20)14-18-15-27-22-9-5-4-8-21(18)22/h1-13,15,23,27H,14,16H2,(H,28,32)/t23-/m1/s1. The molecule has 2 N–H and O–H groups in total. The third-order valence-corrected chi connectivity index (χ3v) is 5.37. The number of H-pyrrole nitrogens is 1. The number of esters is 1. The van der Waals surface area contributed by atoms with E-state index in [9.17, 15) is 24.5 Å². The summed E-state index contributed by atoms with van der Waals surface area (Å²) < 4.78 is 10.4. The summed E-state index contributed by atoms with van der Waals surface area (Å²) in [4.78, 5) is 51.2. The zero-order valence-corrected chi connectivity index (χ0v) is 18.9. The lowest BCUT2D eigenvalue weighted by atomic mass is 10.1. The normalized spacial score (nSPS) is 11.4. The molecule has 1 amide bonds. The molecule has 4 rings (SSSR count). The maximum absolute atomic E-state index is 12.9. The van der Waals surface area contributed by atoms with Crippen molar-refractivity contribution in [2.45, 2.75) is 12.5 Å². The largest absolute Gasteiger partial charge is 0.456 e. The van der Waals surface area contributed by atoms with Crippen LogP contribution in [0.25, 0.3) is 10.9 Å². The number of hydrogen-bond acceptors (Lipinski definition) is 7. The number of rotatable bonds is 9. The summed E-state index contributed by atoms with van der Waals surface area (Å²) in [5.74, 6) is -1.08. The maximum Gasteiger partial charge on any atom is 0.413 e. The molecule has 0 aliphatic rings. The first-order valence-corrected chi connectivity index (χ1v) is 10.9. The van der Waals surface area contributed by atoms with Crippen molar-refractivity contribution >= 4 is 34.4 Å². The van der Waals surface area contributed by atoms with E-state index in [0.29, 0.717) is 5.75 Å².